The van der Waals surface area contributed by atoms with Gasteiger partial charge in [0.05, 0.1) is 5.92 Å². The Hall–Kier alpha value is -0.530. The van der Waals surface area contributed by atoms with Crippen molar-refractivity contribution in [2.45, 2.75) is 38.7 Å². The zero-order valence-electron chi connectivity index (χ0n) is 6.88. The second kappa shape index (κ2) is 2.50. The van der Waals surface area contributed by atoms with Crippen molar-refractivity contribution in [3.63, 3.8) is 0 Å². The summed E-state index contributed by atoms with van der Waals surface area (Å²) in [6, 6.07) is 0. The van der Waals surface area contributed by atoms with Gasteiger partial charge in [0, 0.05) is 5.92 Å². The van der Waals surface area contributed by atoms with Crippen LogP contribution < -0.4 is 0 Å². The fourth-order valence-corrected chi connectivity index (χ4v) is 2.28. The molecule has 1 aliphatic heterocycles. The lowest BCUT2D eigenvalue weighted by Gasteiger charge is -2.23. The Labute approximate surface area is 66.9 Å². The summed E-state index contributed by atoms with van der Waals surface area (Å²) in [5.74, 6) is 0.735. The van der Waals surface area contributed by atoms with Gasteiger partial charge in [-0.15, -0.1) is 0 Å². The molecule has 0 aromatic carbocycles. The van der Waals surface area contributed by atoms with E-state index in [1.54, 1.807) is 0 Å². The van der Waals surface area contributed by atoms with Crippen LogP contribution in [0.5, 0.6) is 0 Å². The maximum atomic E-state index is 11.1. The smallest absolute Gasteiger partial charge is 0.309 e. The summed E-state index contributed by atoms with van der Waals surface area (Å²) in [6.45, 7) is 2.00. The summed E-state index contributed by atoms with van der Waals surface area (Å²) in [7, 11) is 0. The Morgan fingerprint density at radius 1 is 1.36 bits per heavy atom. The third kappa shape index (κ3) is 1.05. The molecule has 1 aliphatic carbocycles. The van der Waals surface area contributed by atoms with E-state index in [2.05, 4.69) is 0 Å². The highest BCUT2D eigenvalue weighted by atomic mass is 16.6. The molecule has 0 aromatic heterocycles. The molecule has 2 rings (SSSR count). The van der Waals surface area contributed by atoms with Gasteiger partial charge in [-0.05, 0) is 19.3 Å². The minimum atomic E-state index is 0.0295. The quantitative estimate of drug-likeness (QED) is 0.497. The summed E-state index contributed by atoms with van der Waals surface area (Å²) in [5, 5.41) is 0. The molecule has 1 saturated heterocycles. The van der Waals surface area contributed by atoms with Crippen molar-refractivity contribution >= 4 is 5.97 Å². The largest absolute Gasteiger partial charge is 0.462 e. The molecular formula is C9H14O2. The maximum Gasteiger partial charge on any atom is 0.309 e. The summed E-state index contributed by atoms with van der Waals surface area (Å²) in [4.78, 5) is 11.1. The average molecular weight is 154 g/mol. The molecule has 1 saturated carbocycles. The Bertz CT molecular complexity index is 176. The van der Waals surface area contributed by atoms with Gasteiger partial charge < -0.3 is 4.74 Å². The van der Waals surface area contributed by atoms with Crippen LogP contribution >= 0.6 is 0 Å². The van der Waals surface area contributed by atoms with Crippen LogP contribution in [0, 0.1) is 11.8 Å². The third-order valence-corrected chi connectivity index (χ3v) is 3.04. The lowest BCUT2D eigenvalue weighted by atomic mass is 9.81. The number of fused-ring (bicyclic) bond motifs is 1. The van der Waals surface area contributed by atoms with Crippen LogP contribution in [-0.4, -0.2) is 12.1 Å². The van der Waals surface area contributed by atoms with Crippen LogP contribution in [0.25, 0.3) is 0 Å². The summed E-state index contributed by atoms with van der Waals surface area (Å²) in [6.07, 6.45) is 5.08. The number of hydrogen-bond donors (Lipinski definition) is 0. The van der Waals surface area contributed by atoms with Gasteiger partial charge in [0.15, 0.2) is 0 Å². The van der Waals surface area contributed by atoms with E-state index in [-0.39, 0.29) is 18.0 Å². The van der Waals surface area contributed by atoms with Crippen molar-refractivity contribution in [2.24, 2.45) is 11.8 Å². The third-order valence-electron chi connectivity index (χ3n) is 3.04. The Balaban J connectivity index is 2.11. The van der Waals surface area contributed by atoms with Gasteiger partial charge in [0.2, 0.25) is 0 Å². The fraction of sp³-hybridized carbons (Fsp3) is 0.889. The second-order valence-electron chi connectivity index (χ2n) is 3.71. The molecule has 0 amide bonds. The van der Waals surface area contributed by atoms with Crippen LogP contribution in [0.15, 0.2) is 0 Å². The molecule has 0 N–H and O–H groups in total. The SMILES string of the molecule is C[C@@H]1C(=O)O[C@H]2CCCC[C@@H]21. The first-order valence-corrected chi connectivity index (χ1v) is 4.49. The van der Waals surface area contributed by atoms with E-state index in [0.29, 0.717) is 5.92 Å². The predicted octanol–water partition coefficient (Wildman–Crippen LogP) is 1.74. The Kier molecular flexibility index (Phi) is 1.63. The molecule has 0 spiro atoms. The highest BCUT2D eigenvalue weighted by Crippen LogP contribution is 2.38. The first kappa shape index (κ1) is 7.14. The van der Waals surface area contributed by atoms with Crippen molar-refractivity contribution in [1.82, 2.24) is 0 Å². The number of rotatable bonds is 0. The number of esters is 1. The molecule has 2 aliphatic rings. The Morgan fingerprint density at radius 3 is 2.82 bits per heavy atom. The normalized spacial score (nSPS) is 43.4. The highest BCUT2D eigenvalue weighted by Gasteiger charge is 2.42. The minimum Gasteiger partial charge on any atom is -0.462 e. The van der Waals surface area contributed by atoms with E-state index in [9.17, 15) is 4.79 Å². The van der Waals surface area contributed by atoms with Gasteiger partial charge in [-0.25, -0.2) is 0 Å². The van der Waals surface area contributed by atoms with Gasteiger partial charge in [0.25, 0.3) is 0 Å². The lowest BCUT2D eigenvalue weighted by molar-refractivity contribution is -0.144. The topological polar surface area (TPSA) is 26.3 Å². The maximum absolute atomic E-state index is 11.1. The average Bonchev–Trinajstić information content (AvgIpc) is 2.30. The zero-order valence-corrected chi connectivity index (χ0v) is 6.88. The fourth-order valence-electron chi connectivity index (χ4n) is 2.28. The van der Waals surface area contributed by atoms with E-state index >= 15 is 0 Å². The number of ether oxygens (including phenoxy) is 1. The summed E-state index contributed by atoms with van der Waals surface area (Å²) in [5.41, 5.74) is 0. The van der Waals surface area contributed by atoms with Crippen molar-refractivity contribution in [3.05, 3.63) is 0 Å². The van der Waals surface area contributed by atoms with Crippen molar-refractivity contribution in [3.8, 4) is 0 Å². The highest BCUT2D eigenvalue weighted by molar-refractivity contribution is 5.74. The Morgan fingerprint density at radius 2 is 2.09 bits per heavy atom. The molecule has 11 heavy (non-hydrogen) atoms. The van der Waals surface area contributed by atoms with Crippen LogP contribution in [0.4, 0.5) is 0 Å². The standard InChI is InChI=1S/C9H14O2/c1-6-7-4-2-3-5-8(7)11-9(6)10/h6-8H,2-5H2,1H3/t6-,7+,8-/m0/s1. The van der Waals surface area contributed by atoms with E-state index < -0.39 is 0 Å². The van der Waals surface area contributed by atoms with Crippen molar-refractivity contribution < 1.29 is 9.53 Å². The van der Waals surface area contributed by atoms with Crippen LogP contribution in [0.3, 0.4) is 0 Å². The second-order valence-corrected chi connectivity index (χ2v) is 3.71. The van der Waals surface area contributed by atoms with E-state index in [1.165, 1.54) is 19.3 Å². The molecule has 62 valence electrons. The van der Waals surface area contributed by atoms with Crippen molar-refractivity contribution in [2.75, 3.05) is 0 Å². The minimum absolute atomic E-state index is 0.0295. The van der Waals surface area contributed by atoms with Crippen LogP contribution in [-0.2, 0) is 9.53 Å². The van der Waals surface area contributed by atoms with Crippen molar-refractivity contribution in [1.29, 1.82) is 0 Å². The lowest BCUT2D eigenvalue weighted by Crippen LogP contribution is -2.23. The number of carbonyl (C=O) groups is 1. The molecule has 2 nitrogen and oxygen atoms in total. The zero-order chi connectivity index (χ0) is 7.84. The van der Waals surface area contributed by atoms with Crippen LogP contribution in [0.1, 0.15) is 32.6 Å². The first-order chi connectivity index (χ1) is 5.29. The molecule has 0 bridgehead atoms. The van der Waals surface area contributed by atoms with Gasteiger partial charge in [0.1, 0.15) is 6.10 Å². The summed E-state index contributed by atoms with van der Waals surface area (Å²) >= 11 is 0. The van der Waals surface area contributed by atoms with E-state index in [1.807, 2.05) is 6.92 Å². The van der Waals surface area contributed by atoms with E-state index in [4.69, 9.17) is 4.74 Å². The molecule has 0 unspecified atom stereocenters. The first-order valence-electron chi connectivity index (χ1n) is 4.49. The predicted molar refractivity (Wildman–Crippen MR) is 41.0 cm³/mol. The molecule has 1 heterocycles. The molecule has 0 aromatic rings. The summed E-state index contributed by atoms with van der Waals surface area (Å²) < 4.78 is 5.24. The molecule has 2 heteroatoms. The molecule has 0 radical (unpaired) electrons. The monoisotopic (exact) mass is 154 g/mol. The van der Waals surface area contributed by atoms with Gasteiger partial charge in [-0.1, -0.05) is 13.3 Å². The van der Waals surface area contributed by atoms with E-state index in [0.717, 1.165) is 6.42 Å². The molecule has 2 fully saturated rings. The number of hydrogen-bond acceptors (Lipinski definition) is 2. The van der Waals surface area contributed by atoms with Gasteiger partial charge in [-0.3, -0.25) is 4.79 Å². The molecule has 3 atom stereocenters. The number of carbonyl (C=O) groups excluding carboxylic acids is 1. The van der Waals surface area contributed by atoms with Crippen LogP contribution in [0.2, 0.25) is 0 Å². The molecular weight excluding hydrogens is 140 g/mol. The van der Waals surface area contributed by atoms with Gasteiger partial charge in [-0.2, -0.15) is 0 Å². The van der Waals surface area contributed by atoms with Gasteiger partial charge >= 0.3 is 5.97 Å².